The minimum atomic E-state index is -0.501. The molecule has 0 fully saturated rings. The van der Waals surface area contributed by atoms with E-state index in [4.69, 9.17) is 10.5 Å². The Labute approximate surface area is 135 Å². The molecule has 0 aliphatic rings. The number of hydrogen-bond donors (Lipinski definition) is 2. The normalized spacial score (nSPS) is 10.4. The quantitative estimate of drug-likeness (QED) is 0.860. The minimum absolute atomic E-state index is 0.109. The molecule has 2 amide bonds. The Bertz CT molecular complexity index is 676. The van der Waals surface area contributed by atoms with Crippen LogP contribution in [0.15, 0.2) is 48.5 Å². The number of benzene rings is 2. The van der Waals surface area contributed by atoms with Crippen LogP contribution in [-0.2, 0) is 4.79 Å². The molecule has 0 aliphatic heterocycles. The van der Waals surface area contributed by atoms with Crippen LogP contribution in [0.5, 0.6) is 5.75 Å². The average molecular weight is 312 g/mol. The molecule has 0 heterocycles. The summed E-state index contributed by atoms with van der Waals surface area (Å²) >= 11 is 0. The summed E-state index contributed by atoms with van der Waals surface area (Å²) in [7, 11) is 0. The third-order valence-electron chi connectivity index (χ3n) is 3.37. The van der Waals surface area contributed by atoms with E-state index in [1.165, 1.54) is 5.56 Å². The Morgan fingerprint density at radius 3 is 2.17 bits per heavy atom. The number of carbonyl (C=O) groups excluding carboxylic acids is 2. The summed E-state index contributed by atoms with van der Waals surface area (Å²) in [6.07, 6.45) is 0. The molecule has 2 rings (SSSR count). The van der Waals surface area contributed by atoms with Gasteiger partial charge in [0.15, 0.2) is 6.61 Å². The van der Waals surface area contributed by atoms with Gasteiger partial charge in [-0.25, -0.2) is 0 Å². The summed E-state index contributed by atoms with van der Waals surface area (Å²) < 4.78 is 5.37. The lowest BCUT2D eigenvalue weighted by Gasteiger charge is -2.09. The van der Waals surface area contributed by atoms with Crippen molar-refractivity contribution in [1.29, 1.82) is 0 Å². The number of primary amides is 1. The number of anilines is 1. The first kappa shape index (κ1) is 16.5. The first-order valence-corrected chi connectivity index (χ1v) is 7.38. The first-order valence-electron chi connectivity index (χ1n) is 7.38. The smallest absolute Gasteiger partial charge is 0.262 e. The van der Waals surface area contributed by atoms with Crippen LogP contribution < -0.4 is 15.8 Å². The Morgan fingerprint density at radius 2 is 1.65 bits per heavy atom. The van der Waals surface area contributed by atoms with E-state index in [1.54, 1.807) is 24.3 Å². The van der Waals surface area contributed by atoms with Gasteiger partial charge in [0.2, 0.25) is 5.91 Å². The number of ether oxygens (including phenoxy) is 1. The Kier molecular flexibility index (Phi) is 5.36. The molecule has 0 saturated carbocycles. The van der Waals surface area contributed by atoms with Gasteiger partial charge in [-0.05, 0) is 47.9 Å². The Balaban J connectivity index is 1.86. The fourth-order valence-electron chi connectivity index (χ4n) is 2.01. The zero-order valence-electron chi connectivity index (χ0n) is 13.2. The van der Waals surface area contributed by atoms with Crippen LogP contribution in [0.4, 0.5) is 5.69 Å². The monoisotopic (exact) mass is 312 g/mol. The van der Waals surface area contributed by atoms with E-state index >= 15 is 0 Å². The van der Waals surface area contributed by atoms with Crippen molar-refractivity contribution in [3.63, 3.8) is 0 Å². The van der Waals surface area contributed by atoms with E-state index in [0.717, 1.165) is 5.69 Å². The number of nitrogens with two attached hydrogens (primary N) is 1. The molecule has 2 aromatic carbocycles. The molecule has 0 bridgehead atoms. The molecule has 23 heavy (non-hydrogen) atoms. The van der Waals surface area contributed by atoms with Gasteiger partial charge in [-0.1, -0.05) is 26.0 Å². The molecule has 0 spiro atoms. The summed E-state index contributed by atoms with van der Waals surface area (Å²) in [5, 5.41) is 2.77. The molecule has 2 aromatic rings. The zero-order chi connectivity index (χ0) is 16.8. The fraction of sp³-hybridized carbons (Fsp3) is 0.222. The number of rotatable bonds is 6. The zero-order valence-corrected chi connectivity index (χ0v) is 13.2. The molecule has 0 unspecified atom stereocenters. The number of nitrogens with one attached hydrogen (secondary N) is 1. The lowest BCUT2D eigenvalue weighted by atomic mass is 10.0. The van der Waals surface area contributed by atoms with Crippen molar-refractivity contribution >= 4 is 17.5 Å². The summed E-state index contributed by atoms with van der Waals surface area (Å²) in [5.74, 6) is 0.201. The van der Waals surface area contributed by atoms with Gasteiger partial charge < -0.3 is 15.8 Å². The highest BCUT2D eigenvalue weighted by atomic mass is 16.5. The molecular formula is C18H20N2O3. The third-order valence-corrected chi connectivity index (χ3v) is 3.37. The highest BCUT2D eigenvalue weighted by molar-refractivity contribution is 5.93. The van der Waals surface area contributed by atoms with Crippen molar-refractivity contribution in [3.8, 4) is 5.75 Å². The highest BCUT2D eigenvalue weighted by Gasteiger charge is 2.06. The second-order valence-electron chi connectivity index (χ2n) is 5.50. The van der Waals surface area contributed by atoms with Crippen LogP contribution in [0.2, 0.25) is 0 Å². The first-order chi connectivity index (χ1) is 11.0. The molecule has 0 saturated heterocycles. The van der Waals surface area contributed by atoms with Crippen molar-refractivity contribution in [2.45, 2.75) is 19.8 Å². The van der Waals surface area contributed by atoms with Crippen LogP contribution >= 0.6 is 0 Å². The molecule has 0 aromatic heterocycles. The highest BCUT2D eigenvalue weighted by Crippen LogP contribution is 2.17. The predicted molar refractivity (Wildman–Crippen MR) is 89.6 cm³/mol. The summed E-state index contributed by atoms with van der Waals surface area (Å²) in [5.41, 5.74) is 7.50. The molecular weight excluding hydrogens is 292 g/mol. The molecule has 5 heteroatoms. The molecule has 0 aliphatic carbocycles. The van der Waals surface area contributed by atoms with E-state index < -0.39 is 5.91 Å². The van der Waals surface area contributed by atoms with E-state index in [1.807, 2.05) is 24.3 Å². The average Bonchev–Trinajstić information content (AvgIpc) is 2.54. The second kappa shape index (κ2) is 7.45. The molecule has 0 atom stereocenters. The van der Waals surface area contributed by atoms with Gasteiger partial charge in [0.1, 0.15) is 5.75 Å². The number of carbonyl (C=O) groups is 2. The van der Waals surface area contributed by atoms with Gasteiger partial charge in [-0.15, -0.1) is 0 Å². The van der Waals surface area contributed by atoms with Crippen LogP contribution in [0.1, 0.15) is 35.7 Å². The second-order valence-corrected chi connectivity index (χ2v) is 5.50. The maximum Gasteiger partial charge on any atom is 0.262 e. The molecule has 5 nitrogen and oxygen atoms in total. The SMILES string of the molecule is CC(C)c1ccc(NC(=O)COc2ccc(C(N)=O)cc2)cc1. The van der Waals surface area contributed by atoms with Crippen molar-refractivity contribution < 1.29 is 14.3 Å². The van der Waals surface area contributed by atoms with E-state index in [9.17, 15) is 9.59 Å². The van der Waals surface area contributed by atoms with Gasteiger partial charge in [0.05, 0.1) is 0 Å². The third kappa shape index (κ3) is 4.85. The topological polar surface area (TPSA) is 81.4 Å². The lowest BCUT2D eigenvalue weighted by molar-refractivity contribution is -0.118. The maximum absolute atomic E-state index is 11.9. The van der Waals surface area contributed by atoms with E-state index in [0.29, 0.717) is 17.2 Å². The van der Waals surface area contributed by atoms with Gasteiger partial charge in [-0.3, -0.25) is 9.59 Å². The molecule has 0 radical (unpaired) electrons. The van der Waals surface area contributed by atoms with Crippen LogP contribution in [0, 0.1) is 0 Å². The standard InChI is InChI=1S/C18H20N2O3/c1-12(2)13-3-7-15(8-4-13)20-17(21)11-23-16-9-5-14(6-10-16)18(19)22/h3-10,12H,11H2,1-2H3,(H2,19,22)(H,20,21). The van der Waals surface area contributed by atoms with Crippen molar-refractivity contribution in [2.24, 2.45) is 5.73 Å². The molecule has 3 N–H and O–H groups in total. The van der Waals surface area contributed by atoms with Gasteiger partial charge in [-0.2, -0.15) is 0 Å². The number of amides is 2. The van der Waals surface area contributed by atoms with E-state index in [2.05, 4.69) is 19.2 Å². The van der Waals surface area contributed by atoms with Crippen LogP contribution in [0.25, 0.3) is 0 Å². The van der Waals surface area contributed by atoms with E-state index in [-0.39, 0.29) is 12.5 Å². The maximum atomic E-state index is 11.9. The fourth-order valence-corrected chi connectivity index (χ4v) is 2.01. The van der Waals surface area contributed by atoms with Crippen LogP contribution in [-0.4, -0.2) is 18.4 Å². The minimum Gasteiger partial charge on any atom is -0.484 e. The predicted octanol–water partition coefficient (Wildman–Crippen LogP) is 2.93. The summed E-state index contributed by atoms with van der Waals surface area (Å²) in [6, 6.07) is 14.0. The Morgan fingerprint density at radius 1 is 1.04 bits per heavy atom. The van der Waals surface area contributed by atoms with Crippen molar-refractivity contribution in [1.82, 2.24) is 0 Å². The number of hydrogen-bond acceptors (Lipinski definition) is 3. The van der Waals surface area contributed by atoms with Crippen molar-refractivity contribution in [2.75, 3.05) is 11.9 Å². The summed E-state index contributed by atoms with van der Waals surface area (Å²) in [6.45, 7) is 4.12. The lowest BCUT2D eigenvalue weighted by Crippen LogP contribution is -2.20. The molecule has 120 valence electrons. The summed E-state index contributed by atoms with van der Waals surface area (Å²) in [4.78, 5) is 22.8. The van der Waals surface area contributed by atoms with Gasteiger partial charge >= 0.3 is 0 Å². The van der Waals surface area contributed by atoms with Crippen LogP contribution in [0.3, 0.4) is 0 Å². The Hall–Kier alpha value is -2.82. The van der Waals surface area contributed by atoms with Gasteiger partial charge in [0.25, 0.3) is 5.91 Å². The largest absolute Gasteiger partial charge is 0.484 e. The van der Waals surface area contributed by atoms with Gasteiger partial charge in [0, 0.05) is 11.3 Å². The van der Waals surface area contributed by atoms with Crippen molar-refractivity contribution in [3.05, 3.63) is 59.7 Å².